The second kappa shape index (κ2) is 30.4. The number of phenolic OH excluding ortho intramolecular Hbond substituents is 3. The fourth-order valence-electron chi connectivity index (χ4n) is 18.3. The Bertz CT molecular complexity index is 5830. The lowest BCUT2D eigenvalue weighted by atomic mass is 9.57. The average molecular weight is 1590 g/mol. The van der Waals surface area contributed by atoms with Crippen molar-refractivity contribution in [1.82, 2.24) is 19.7 Å². The van der Waals surface area contributed by atoms with Crippen LogP contribution < -0.4 is 21.9 Å². The minimum atomic E-state index is -2.68. The van der Waals surface area contributed by atoms with E-state index in [-0.39, 0.29) is 89.2 Å². The first kappa shape index (κ1) is 81.6. The smallest absolute Gasteiger partial charge is 0.255 e. The van der Waals surface area contributed by atoms with E-state index in [1.807, 2.05) is 31.2 Å². The first-order valence-electron chi connectivity index (χ1n) is 36.9. The molecule has 0 spiro atoms. The number of ketones is 6. The number of hydrogen-bond donors (Lipinski definition) is 15. The summed E-state index contributed by atoms with van der Waals surface area (Å²) in [7, 11) is 10.9. The van der Waals surface area contributed by atoms with Crippen LogP contribution in [0.3, 0.4) is 0 Å². The van der Waals surface area contributed by atoms with Gasteiger partial charge in [-0.1, -0.05) is 59.3 Å². The van der Waals surface area contributed by atoms with Gasteiger partial charge in [-0.05, 0) is 201 Å². The van der Waals surface area contributed by atoms with Gasteiger partial charge in [0.2, 0.25) is 17.3 Å². The van der Waals surface area contributed by atoms with Gasteiger partial charge in [0, 0.05) is 80.2 Å². The van der Waals surface area contributed by atoms with E-state index in [4.69, 9.17) is 21.9 Å². The predicted molar refractivity (Wildman–Crippen MR) is 419 cm³/mol. The maximum absolute atomic E-state index is 13.9. The van der Waals surface area contributed by atoms with Crippen molar-refractivity contribution >= 4 is 69.7 Å². The van der Waals surface area contributed by atoms with E-state index in [0.717, 1.165) is 11.1 Å². The van der Waals surface area contributed by atoms with Gasteiger partial charge in [0.25, 0.3) is 17.7 Å². The van der Waals surface area contributed by atoms with Crippen LogP contribution in [-0.4, -0.2) is 218 Å². The zero-order valence-electron chi connectivity index (χ0n) is 64.3. The first-order chi connectivity index (χ1) is 55.3. The molecule has 3 amide bonds. The van der Waals surface area contributed by atoms with Crippen LogP contribution in [-0.2, 0) is 62.4 Å². The number of aliphatic hydroxyl groups excluding tert-OH is 6. The number of nitrogens with zero attached hydrogens (tertiary/aromatic N) is 4. The molecule has 117 heavy (non-hydrogen) atoms. The van der Waals surface area contributed by atoms with E-state index in [1.54, 1.807) is 116 Å². The number of rotatable bonds is 7. The summed E-state index contributed by atoms with van der Waals surface area (Å²) in [4.78, 5) is 126. The number of carbonyl (C=O) groups is 9. The summed E-state index contributed by atoms with van der Waals surface area (Å²) >= 11 is 0. The summed E-state index contributed by atoms with van der Waals surface area (Å²) in [5, 5.41) is 134. The Balaban J connectivity index is 0.000000152. The van der Waals surface area contributed by atoms with Gasteiger partial charge in [0.05, 0.1) is 41.9 Å². The Morgan fingerprint density at radius 2 is 0.761 bits per heavy atom. The Labute approximate surface area is 668 Å². The number of likely N-dealkylation sites (N-methyl/N-ethyl adjacent to an activating group) is 3. The molecule has 1 heterocycles. The van der Waals surface area contributed by atoms with Crippen LogP contribution in [0.4, 0.5) is 0 Å². The van der Waals surface area contributed by atoms with Crippen LogP contribution in [0, 0.1) is 78.0 Å². The monoisotopic (exact) mass is 1590 g/mol. The summed E-state index contributed by atoms with van der Waals surface area (Å²) in [6.45, 7) is 1.97. The van der Waals surface area contributed by atoms with E-state index in [1.165, 1.54) is 32.9 Å². The van der Waals surface area contributed by atoms with Crippen molar-refractivity contribution < 1.29 is 109 Å². The number of phenols is 3. The summed E-state index contributed by atoms with van der Waals surface area (Å²) in [6.07, 6.45) is 3.76. The van der Waals surface area contributed by atoms with Gasteiger partial charge in [0.15, 0.2) is 34.2 Å². The normalized spacial score (nSPS) is 26.0. The maximum atomic E-state index is 13.9. The quantitative estimate of drug-likeness (QED) is 0.0798. The number of amides is 3. The maximum Gasteiger partial charge on any atom is 0.255 e. The van der Waals surface area contributed by atoms with Crippen molar-refractivity contribution in [1.29, 1.82) is 0 Å². The van der Waals surface area contributed by atoms with E-state index < -0.39 is 174 Å². The van der Waals surface area contributed by atoms with Crippen LogP contribution in [0.2, 0.25) is 0 Å². The van der Waals surface area contributed by atoms with Gasteiger partial charge < -0.3 is 83.2 Å². The highest BCUT2D eigenvalue weighted by Crippen LogP contribution is 2.57. The SMILES string of the molecule is CN(C)[C@@H]1C(=O)C(C(N)=O)=C(O)[C@@]2(O)C(=O)C3=C(O)c4c(O)ccc(C#Cc5cccnc5)c4C[C@H]3C[C@@H]12.COc1cccc(C#Cc2ccc(O)c3c2C[C@H]2C[C@H]4[C@H](N(C)C)C(=O)C(C(N)=O)=C(O)[C@@]4(O)C(=O)C2=C3O)c1.Cc1ccc(C#Cc2ccc(O)c3c2C[C@H]2C[C@H]4[C@H](N(C)C)C(=O)C(C(N)=O)=C(O)[C@@]4(O)C(=O)C2=C3O)cc1. The highest BCUT2D eigenvalue weighted by molar-refractivity contribution is 6.27. The lowest BCUT2D eigenvalue weighted by molar-refractivity contribution is -0.155. The average Bonchev–Trinajstić information content (AvgIpc) is 0.709. The van der Waals surface area contributed by atoms with Crippen LogP contribution in [0.1, 0.15) is 91.6 Å². The standard InChI is InChI=1S/C30H28N2O8.C30H28N2O7.C28H25N3O7/c1-32(2)24-19-13-16-12-18-15(8-7-14-5-4-6-17(11-14)40-3)9-10-20(33)22(18)25(34)21(16)27(36)30(19,39)28(37)23(26(24)35)29(31)38;1-14-4-6-15(7-5-14)8-9-16-10-11-20(33)22-18(16)12-17-13-19-24(32(2)3)26(35)23(29(31)38)28(37)30(19,39)27(36)21(17)25(22)34;1-31(2)22-17-11-15-10-16-14(6-5-13-4-3-9-30-12-13)7-8-18(32)20(16)23(33)19(15)25(35)28(17,38)26(36)21(24(22)34)27(29)37/h4-6,9-11,16,19,24,33-34,37,39H,12-13H2,1-3H3,(H2,31,38);4-7,10-11,17,19,24,33-34,37,39H,12-13H2,1-3H3,(H2,31,38);3-4,7-9,12,15,17,22,32-33,36,38H,10-11H2,1-2H3,(H2,29,37)/t16-,19-,24-,30-;17-,19-,24-,30-;15-,17-,22-,28-/m000/s1. The number of hydrogen-bond acceptors (Lipinski definition) is 26. The molecule has 3 saturated carbocycles. The Morgan fingerprint density at radius 3 is 1.07 bits per heavy atom. The Morgan fingerprint density at radius 1 is 0.436 bits per heavy atom. The largest absolute Gasteiger partial charge is 0.508 e. The highest BCUT2D eigenvalue weighted by Gasteiger charge is 2.68. The molecule has 15 rings (SSSR count). The van der Waals surface area contributed by atoms with Crippen LogP contribution >= 0.6 is 0 Å². The third-order valence-electron chi connectivity index (χ3n) is 23.6. The molecular formula is C88H81N7O22. The van der Waals surface area contributed by atoms with E-state index in [0.29, 0.717) is 50.3 Å². The third-order valence-corrected chi connectivity index (χ3v) is 23.6. The van der Waals surface area contributed by atoms with Gasteiger partial charge >= 0.3 is 0 Å². The number of Topliss-reactive ketones (excluding diaryl/α,β-unsaturated/α-hetero) is 6. The fourth-order valence-corrected chi connectivity index (χ4v) is 18.3. The highest BCUT2D eigenvalue weighted by atomic mass is 16.5. The molecule has 0 bridgehead atoms. The number of primary amides is 3. The first-order valence-corrected chi connectivity index (χ1v) is 36.9. The molecule has 0 saturated heterocycles. The molecule has 5 aromatic carbocycles. The Kier molecular flexibility index (Phi) is 21.2. The number of aromatic nitrogens is 1. The molecule has 29 nitrogen and oxygen atoms in total. The molecule has 3 fully saturated rings. The van der Waals surface area contributed by atoms with Crippen molar-refractivity contribution in [2.24, 2.45) is 52.7 Å². The topological polar surface area (TPSA) is 506 Å². The van der Waals surface area contributed by atoms with Crippen molar-refractivity contribution in [2.75, 3.05) is 49.4 Å². The minimum Gasteiger partial charge on any atom is -0.508 e. The second-order valence-electron chi connectivity index (χ2n) is 30.9. The summed E-state index contributed by atoms with van der Waals surface area (Å²) in [5.74, 6) is -1.67. The number of benzene rings is 5. The van der Waals surface area contributed by atoms with Gasteiger partial charge in [-0.15, -0.1) is 0 Å². The Hall–Kier alpha value is -13.4. The number of pyridine rings is 1. The number of nitrogens with two attached hydrogens (primary N) is 3. The molecule has 0 unspecified atom stereocenters. The number of aliphatic hydroxyl groups is 9. The fraction of sp³-hybridized carbons (Fsp3) is 0.295. The molecule has 0 radical (unpaired) electrons. The number of ether oxygens (including phenoxy) is 1. The van der Waals surface area contributed by atoms with Crippen LogP contribution in [0.15, 0.2) is 160 Å². The van der Waals surface area contributed by atoms with Crippen LogP contribution in [0.25, 0.3) is 17.3 Å². The van der Waals surface area contributed by atoms with Gasteiger partial charge in [-0.2, -0.15) is 0 Å². The number of carbonyl (C=O) groups excluding carboxylic acids is 9. The number of aromatic hydroxyl groups is 3. The van der Waals surface area contributed by atoms with Gasteiger partial charge in [0.1, 0.15) is 74.3 Å². The zero-order chi connectivity index (χ0) is 85.0. The lowest BCUT2D eigenvalue weighted by Gasteiger charge is -2.50. The van der Waals surface area contributed by atoms with E-state index in [9.17, 15) is 104 Å². The number of aryl methyl sites for hydroxylation is 1. The number of methoxy groups -OCH3 is 1. The van der Waals surface area contributed by atoms with E-state index in [2.05, 4.69) is 40.5 Å². The molecule has 9 aliphatic rings. The molecule has 18 N–H and O–H groups in total. The summed E-state index contributed by atoms with van der Waals surface area (Å²) in [6, 6.07) is 23.8. The summed E-state index contributed by atoms with van der Waals surface area (Å²) in [5.41, 5.74) is 11.2. The van der Waals surface area contributed by atoms with Crippen molar-refractivity contribution in [2.45, 2.75) is 80.4 Å². The molecule has 9 aliphatic carbocycles. The lowest BCUT2D eigenvalue weighted by Crippen LogP contribution is -2.65. The van der Waals surface area contributed by atoms with Crippen LogP contribution in [0.5, 0.6) is 23.0 Å². The second-order valence-corrected chi connectivity index (χ2v) is 30.9. The van der Waals surface area contributed by atoms with E-state index >= 15 is 0 Å². The van der Waals surface area contributed by atoms with Crippen molar-refractivity contribution in [3.63, 3.8) is 0 Å². The summed E-state index contributed by atoms with van der Waals surface area (Å²) < 4.78 is 5.24. The molecule has 29 heteroatoms. The molecule has 0 aliphatic heterocycles. The third kappa shape index (κ3) is 13.2. The molecule has 600 valence electrons. The van der Waals surface area contributed by atoms with Gasteiger partial charge in [-0.3, -0.25) is 62.8 Å². The molecular weight excluding hydrogens is 1510 g/mol. The predicted octanol–water partition coefficient (Wildman–Crippen LogP) is 3.80. The molecule has 6 aromatic rings. The molecule has 12 atom stereocenters. The van der Waals surface area contributed by atoms with Crippen molar-refractivity contribution in [3.05, 3.63) is 232 Å². The minimum absolute atomic E-state index is 0.000670. The van der Waals surface area contributed by atoms with Crippen molar-refractivity contribution in [3.8, 4) is 58.5 Å². The zero-order valence-corrected chi connectivity index (χ0v) is 64.3. The molecule has 1 aromatic heterocycles. The van der Waals surface area contributed by atoms with Gasteiger partial charge in [-0.25, -0.2) is 0 Å². The number of fused-ring (bicyclic) bond motifs is 9.